The first kappa shape index (κ1) is 17.8. The normalized spacial score (nSPS) is 12.3. The highest BCUT2D eigenvalue weighted by Crippen LogP contribution is 2.18. The van der Waals surface area contributed by atoms with Gasteiger partial charge in [-0.25, -0.2) is 8.78 Å². The summed E-state index contributed by atoms with van der Waals surface area (Å²) in [5.41, 5.74) is 2.20. The first-order valence-corrected chi connectivity index (χ1v) is 8.29. The molecule has 0 radical (unpaired) electrons. The van der Waals surface area contributed by atoms with Gasteiger partial charge in [0.1, 0.15) is 12.2 Å². The van der Waals surface area contributed by atoms with E-state index in [0.717, 1.165) is 11.3 Å². The van der Waals surface area contributed by atoms with Crippen molar-refractivity contribution in [3.8, 4) is 5.69 Å². The van der Waals surface area contributed by atoms with Crippen molar-refractivity contribution in [2.75, 3.05) is 0 Å². The number of benzene rings is 1. The first-order chi connectivity index (χ1) is 12.4. The molecule has 1 N–H and O–H groups in total. The van der Waals surface area contributed by atoms with Gasteiger partial charge in [-0.1, -0.05) is 12.1 Å². The van der Waals surface area contributed by atoms with E-state index in [1.54, 1.807) is 6.92 Å². The molecule has 136 valence electrons. The van der Waals surface area contributed by atoms with Crippen LogP contribution in [0.25, 0.3) is 5.69 Å². The van der Waals surface area contributed by atoms with Crippen LogP contribution in [-0.2, 0) is 11.3 Å². The monoisotopic (exact) mass is 358 g/mol. The predicted molar refractivity (Wildman–Crippen MR) is 94.2 cm³/mol. The molecule has 0 aliphatic carbocycles. The Morgan fingerprint density at radius 2 is 1.85 bits per heavy atom. The van der Waals surface area contributed by atoms with Crippen LogP contribution in [0, 0.1) is 6.92 Å². The Morgan fingerprint density at radius 1 is 1.19 bits per heavy atom. The molecular formula is C19H20F2N4O. The van der Waals surface area contributed by atoms with Crippen LogP contribution in [0.15, 0.2) is 54.9 Å². The van der Waals surface area contributed by atoms with Crippen LogP contribution >= 0.6 is 0 Å². The quantitative estimate of drug-likeness (QED) is 0.729. The highest BCUT2D eigenvalue weighted by atomic mass is 19.3. The van der Waals surface area contributed by atoms with Crippen molar-refractivity contribution in [2.45, 2.75) is 32.9 Å². The van der Waals surface area contributed by atoms with Gasteiger partial charge in [0.25, 0.3) is 6.43 Å². The van der Waals surface area contributed by atoms with E-state index in [9.17, 15) is 13.6 Å². The van der Waals surface area contributed by atoms with Gasteiger partial charge in [-0.05, 0) is 49.7 Å². The van der Waals surface area contributed by atoms with Gasteiger partial charge < -0.3 is 9.88 Å². The number of nitrogens with one attached hydrogen (secondary N) is 1. The maximum atomic E-state index is 12.7. The second kappa shape index (κ2) is 7.51. The minimum Gasteiger partial charge on any atom is -0.348 e. The van der Waals surface area contributed by atoms with Crippen molar-refractivity contribution in [2.24, 2.45) is 0 Å². The number of carbonyl (C=O) groups is 1. The zero-order chi connectivity index (χ0) is 18.7. The SMILES string of the molecule is Cc1cc(C(F)F)nn1CC(=O)NC(C)c1ccc(-n2cccc2)cc1. The van der Waals surface area contributed by atoms with E-state index >= 15 is 0 Å². The Hall–Kier alpha value is -2.96. The number of halogens is 2. The Bertz CT molecular complexity index is 870. The Labute approximate surface area is 150 Å². The maximum absolute atomic E-state index is 12.7. The second-order valence-electron chi connectivity index (χ2n) is 6.14. The number of hydrogen-bond donors (Lipinski definition) is 1. The van der Waals surface area contributed by atoms with Crippen LogP contribution in [0.2, 0.25) is 0 Å². The molecular weight excluding hydrogens is 338 g/mol. The van der Waals surface area contributed by atoms with Gasteiger partial charge in [0, 0.05) is 23.8 Å². The molecule has 3 aromatic rings. The smallest absolute Gasteiger partial charge is 0.282 e. The van der Waals surface area contributed by atoms with E-state index in [0.29, 0.717) is 5.69 Å². The lowest BCUT2D eigenvalue weighted by molar-refractivity contribution is -0.122. The zero-order valence-corrected chi connectivity index (χ0v) is 14.6. The van der Waals surface area contributed by atoms with E-state index in [1.165, 1.54) is 10.7 Å². The molecule has 1 aromatic carbocycles. The molecule has 1 atom stereocenters. The van der Waals surface area contributed by atoms with Gasteiger partial charge in [-0.3, -0.25) is 9.48 Å². The number of aromatic nitrogens is 3. The molecule has 3 rings (SSSR count). The highest BCUT2D eigenvalue weighted by molar-refractivity contribution is 5.76. The molecule has 0 fully saturated rings. The van der Waals surface area contributed by atoms with E-state index in [4.69, 9.17) is 0 Å². The third-order valence-electron chi connectivity index (χ3n) is 4.19. The summed E-state index contributed by atoms with van der Waals surface area (Å²) < 4.78 is 28.7. The number of carbonyl (C=O) groups excluding carboxylic acids is 1. The lowest BCUT2D eigenvalue weighted by atomic mass is 10.1. The lowest BCUT2D eigenvalue weighted by Crippen LogP contribution is -2.30. The minimum atomic E-state index is -2.64. The van der Waals surface area contributed by atoms with E-state index in [1.807, 2.05) is 60.3 Å². The van der Waals surface area contributed by atoms with Gasteiger partial charge in [-0.2, -0.15) is 5.10 Å². The molecule has 0 saturated carbocycles. The summed E-state index contributed by atoms with van der Waals surface area (Å²) in [4.78, 5) is 12.2. The molecule has 0 aliphatic heterocycles. The zero-order valence-electron chi connectivity index (χ0n) is 14.6. The largest absolute Gasteiger partial charge is 0.348 e. The van der Waals surface area contributed by atoms with E-state index in [-0.39, 0.29) is 24.2 Å². The summed E-state index contributed by atoms with van der Waals surface area (Å²) in [6, 6.07) is 12.9. The number of hydrogen-bond acceptors (Lipinski definition) is 2. The van der Waals surface area contributed by atoms with Gasteiger partial charge >= 0.3 is 0 Å². The molecule has 7 heteroatoms. The molecule has 0 aliphatic rings. The molecule has 1 unspecified atom stereocenters. The first-order valence-electron chi connectivity index (χ1n) is 8.29. The molecule has 26 heavy (non-hydrogen) atoms. The molecule has 2 aromatic heterocycles. The Morgan fingerprint density at radius 3 is 2.42 bits per heavy atom. The van der Waals surface area contributed by atoms with E-state index in [2.05, 4.69) is 10.4 Å². The third-order valence-corrected chi connectivity index (χ3v) is 4.19. The van der Waals surface area contributed by atoms with Crippen molar-refractivity contribution in [3.05, 3.63) is 71.8 Å². The fourth-order valence-electron chi connectivity index (χ4n) is 2.75. The Kier molecular flexibility index (Phi) is 5.16. The van der Waals surface area contributed by atoms with Gasteiger partial charge in [-0.15, -0.1) is 0 Å². The number of amides is 1. The molecule has 1 amide bonds. The van der Waals surface area contributed by atoms with Crippen LogP contribution in [0.5, 0.6) is 0 Å². The molecule has 0 bridgehead atoms. The fraction of sp³-hybridized carbons (Fsp3) is 0.263. The van der Waals surface area contributed by atoms with Crippen LogP contribution in [0.1, 0.15) is 36.3 Å². The minimum absolute atomic E-state index is 0.0929. The number of alkyl halides is 2. The van der Waals surface area contributed by atoms with Gasteiger partial charge in [0.15, 0.2) is 0 Å². The summed E-state index contributed by atoms with van der Waals surface area (Å²) in [6.07, 6.45) is 1.27. The summed E-state index contributed by atoms with van der Waals surface area (Å²) in [6.45, 7) is 3.43. The van der Waals surface area contributed by atoms with Crippen molar-refractivity contribution in [1.82, 2.24) is 19.7 Å². The number of nitrogens with zero attached hydrogens (tertiary/aromatic N) is 3. The van der Waals surface area contributed by atoms with Crippen molar-refractivity contribution < 1.29 is 13.6 Å². The van der Waals surface area contributed by atoms with Crippen molar-refractivity contribution in [1.29, 1.82) is 0 Å². The average Bonchev–Trinajstić information content (AvgIpc) is 3.25. The topological polar surface area (TPSA) is 51.9 Å². The van der Waals surface area contributed by atoms with Crippen molar-refractivity contribution >= 4 is 5.91 Å². The van der Waals surface area contributed by atoms with Gasteiger partial charge in [0.2, 0.25) is 5.91 Å². The van der Waals surface area contributed by atoms with Crippen molar-refractivity contribution in [3.63, 3.8) is 0 Å². The lowest BCUT2D eigenvalue weighted by Gasteiger charge is -2.15. The Balaban J connectivity index is 1.62. The standard InChI is InChI=1S/C19H20F2N4O/c1-13-11-17(19(20)21)23-25(13)12-18(26)22-14(2)15-5-7-16(8-6-15)24-9-3-4-10-24/h3-11,14,19H,12H2,1-2H3,(H,22,26). The predicted octanol–water partition coefficient (Wildman–Crippen LogP) is 3.80. The second-order valence-corrected chi connectivity index (χ2v) is 6.14. The maximum Gasteiger partial charge on any atom is 0.282 e. The molecule has 2 heterocycles. The summed E-state index contributed by atoms with van der Waals surface area (Å²) >= 11 is 0. The summed E-state index contributed by atoms with van der Waals surface area (Å²) in [5, 5.41) is 6.64. The number of rotatable bonds is 6. The van der Waals surface area contributed by atoms with Crippen LogP contribution in [-0.4, -0.2) is 20.3 Å². The molecule has 0 spiro atoms. The summed E-state index contributed by atoms with van der Waals surface area (Å²) in [7, 11) is 0. The van der Waals surface area contributed by atoms with E-state index < -0.39 is 6.43 Å². The third kappa shape index (κ3) is 3.99. The van der Waals surface area contributed by atoms with Gasteiger partial charge in [0.05, 0.1) is 6.04 Å². The average molecular weight is 358 g/mol. The molecule has 5 nitrogen and oxygen atoms in total. The van der Waals surface area contributed by atoms with Crippen LogP contribution < -0.4 is 5.32 Å². The number of aryl methyl sites for hydroxylation is 1. The molecule has 0 saturated heterocycles. The fourth-order valence-corrected chi connectivity index (χ4v) is 2.75. The summed E-state index contributed by atoms with van der Waals surface area (Å²) in [5.74, 6) is -0.279. The van der Waals surface area contributed by atoms with Crippen LogP contribution in [0.4, 0.5) is 8.78 Å². The highest BCUT2D eigenvalue weighted by Gasteiger charge is 2.16. The van der Waals surface area contributed by atoms with Crippen LogP contribution in [0.3, 0.4) is 0 Å².